The van der Waals surface area contributed by atoms with Gasteiger partial charge >= 0.3 is 7.12 Å². The highest BCUT2D eigenvalue weighted by atomic mass is 16.7. The van der Waals surface area contributed by atoms with Gasteiger partial charge in [-0.25, -0.2) is 0 Å². The number of hydrogen-bond donors (Lipinski definition) is 0. The topological polar surface area (TPSA) is 35.5 Å². The second-order valence-electron chi connectivity index (χ2n) is 5.78. The maximum absolute atomic E-state index is 11.2. The molecule has 3 nitrogen and oxygen atoms in total. The predicted molar refractivity (Wildman–Crippen MR) is 72.3 cm³/mol. The van der Waals surface area contributed by atoms with Gasteiger partial charge in [0.2, 0.25) is 0 Å². The van der Waals surface area contributed by atoms with Crippen molar-refractivity contribution in [3.8, 4) is 0 Å². The molecular formula is C14H19BO3. The molecule has 4 heteroatoms. The van der Waals surface area contributed by atoms with Gasteiger partial charge in [0.15, 0.2) is 0 Å². The average molecular weight is 246 g/mol. The Balaban J connectivity index is 2.41. The molecule has 18 heavy (non-hydrogen) atoms. The molecule has 1 aromatic carbocycles. The number of benzene rings is 1. The second-order valence-corrected chi connectivity index (χ2v) is 5.78. The summed E-state index contributed by atoms with van der Waals surface area (Å²) in [6.45, 7) is 9.93. The van der Waals surface area contributed by atoms with E-state index in [1.807, 2.05) is 52.8 Å². The summed E-state index contributed by atoms with van der Waals surface area (Å²) >= 11 is 0. The van der Waals surface area contributed by atoms with Crippen molar-refractivity contribution in [2.45, 2.75) is 45.8 Å². The first-order valence-corrected chi connectivity index (χ1v) is 6.19. The molecule has 0 amide bonds. The SMILES string of the molecule is Cc1cccc(B2OC(C)(C)C(C)(C)O2)c1C=O. The molecule has 1 aliphatic heterocycles. The van der Waals surface area contributed by atoms with Crippen LogP contribution < -0.4 is 5.46 Å². The van der Waals surface area contributed by atoms with Crippen molar-refractivity contribution in [3.05, 3.63) is 29.3 Å². The average Bonchev–Trinajstić information content (AvgIpc) is 2.47. The smallest absolute Gasteiger partial charge is 0.399 e. The Labute approximate surface area is 109 Å². The van der Waals surface area contributed by atoms with Crippen LogP contribution in [0.5, 0.6) is 0 Å². The quantitative estimate of drug-likeness (QED) is 0.592. The maximum atomic E-state index is 11.2. The van der Waals surface area contributed by atoms with Crippen LogP contribution in [0.15, 0.2) is 18.2 Å². The van der Waals surface area contributed by atoms with Crippen LogP contribution in [0.2, 0.25) is 0 Å². The van der Waals surface area contributed by atoms with Crippen LogP contribution in [-0.4, -0.2) is 24.6 Å². The number of carbonyl (C=O) groups excluding carboxylic acids is 1. The van der Waals surface area contributed by atoms with E-state index in [9.17, 15) is 4.79 Å². The number of aldehydes is 1. The summed E-state index contributed by atoms with van der Waals surface area (Å²) < 4.78 is 11.9. The molecule has 0 saturated carbocycles. The van der Waals surface area contributed by atoms with Crippen LogP contribution in [0, 0.1) is 6.92 Å². The van der Waals surface area contributed by atoms with E-state index in [1.165, 1.54) is 0 Å². The molecule has 0 spiro atoms. The highest BCUT2D eigenvalue weighted by molar-refractivity contribution is 6.63. The largest absolute Gasteiger partial charge is 0.495 e. The first-order chi connectivity index (χ1) is 8.28. The first-order valence-electron chi connectivity index (χ1n) is 6.19. The third-order valence-corrected chi connectivity index (χ3v) is 3.98. The summed E-state index contributed by atoms with van der Waals surface area (Å²) in [7, 11) is -0.477. The van der Waals surface area contributed by atoms with E-state index >= 15 is 0 Å². The predicted octanol–water partition coefficient (Wildman–Crippen LogP) is 2.11. The molecule has 0 aromatic heterocycles. The molecule has 0 atom stereocenters. The Morgan fingerprint density at radius 3 is 2.17 bits per heavy atom. The van der Waals surface area contributed by atoms with E-state index in [-0.39, 0.29) is 11.2 Å². The monoisotopic (exact) mass is 246 g/mol. The third-order valence-electron chi connectivity index (χ3n) is 3.98. The van der Waals surface area contributed by atoms with Gasteiger partial charge < -0.3 is 9.31 Å². The fourth-order valence-electron chi connectivity index (χ4n) is 2.04. The van der Waals surface area contributed by atoms with Crippen LogP contribution in [0.3, 0.4) is 0 Å². The fourth-order valence-corrected chi connectivity index (χ4v) is 2.04. The molecule has 0 unspecified atom stereocenters. The van der Waals surface area contributed by atoms with Gasteiger partial charge in [0.05, 0.1) is 11.2 Å². The Bertz CT molecular complexity index is 464. The molecular weight excluding hydrogens is 227 g/mol. The summed E-state index contributed by atoms with van der Waals surface area (Å²) in [6, 6.07) is 5.72. The minimum Gasteiger partial charge on any atom is -0.399 e. The summed E-state index contributed by atoms with van der Waals surface area (Å²) in [5, 5.41) is 0. The van der Waals surface area contributed by atoms with Crippen molar-refractivity contribution in [3.63, 3.8) is 0 Å². The lowest BCUT2D eigenvalue weighted by molar-refractivity contribution is 0.00578. The maximum Gasteiger partial charge on any atom is 0.495 e. The first kappa shape index (κ1) is 13.3. The lowest BCUT2D eigenvalue weighted by atomic mass is 9.75. The zero-order chi connectivity index (χ0) is 13.6. The summed E-state index contributed by atoms with van der Waals surface area (Å²) in [5.74, 6) is 0. The van der Waals surface area contributed by atoms with Crippen LogP contribution in [0.4, 0.5) is 0 Å². The molecule has 96 valence electrons. The molecule has 0 N–H and O–H groups in total. The van der Waals surface area contributed by atoms with Crippen molar-refractivity contribution in [1.82, 2.24) is 0 Å². The Kier molecular flexibility index (Phi) is 3.12. The number of rotatable bonds is 2. The standard InChI is InChI=1S/C14H19BO3/c1-10-7-6-8-12(11(10)9-16)15-17-13(2,3)14(4,5)18-15/h6-9H,1-5H3. The van der Waals surface area contributed by atoms with E-state index in [4.69, 9.17) is 9.31 Å². The fraction of sp³-hybridized carbons (Fsp3) is 0.500. The highest BCUT2D eigenvalue weighted by Crippen LogP contribution is 2.36. The molecule has 1 aliphatic rings. The van der Waals surface area contributed by atoms with Crippen molar-refractivity contribution in [2.75, 3.05) is 0 Å². The van der Waals surface area contributed by atoms with Crippen LogP contribution in [-0.2, 0) is 9.31 Å². The number of aryl methyl sites for hydroxylation is 1. The van der Waals surface area contributed by atoms with Gasteiger partial charge in [0.1, 0.15) is 6.29 Å². The van der Waals surface area contributed by atoms with Gasteiger partial charge in [-0.05, 0) is 45.6 Å². The lowest BCUT2D eigenvalue weighted by Gasteiger charge is -2.32. The molecule has 1 saturated heterocycles. The van der Waals surface area contributed by atoms with Crippen LogP contribution >= 0.6 is 0 Å². The molecule has 0 aliphatic carbocycles. The molecule has 1 heterocycles. The van der Waals surface area contributed by atoms with E-state index < -0.39 is 7.12 Å². The summed E-state index contributed by atoms with van der Waals surface area (Å²) in [5.41, 5.74) is 1.64. The minimum atomic E-state index is -0.477. The normalized spacial score (nSPS) is 21.1. The Morgan fingerprint density at radius 1 is 1.11 bits per heavy atom. The molecule has 0 radical (unpaired) electrons. The zero-order valence-corrected chi connectivity index (χ0v) is 11.6. The van der Waals surface area contributed by atoms with Gasteiger partial charge in [-0.15, -0.1) is 0 Å². The Morgan fingerprint density at radius 2 is 1.67 bits per heavy atom. The van der Waals surface area contributed by atoms with Crippen molar-refractivity contribution >= 4 is 18.9 Å². The number of hydrogen-bond acceptors (Lipinski definition) is 3. The van der Waals surface area contributed by atoms with Gasteiger partial charge in [-0.3, -0.25) is 4.79 Å². The van der Waals surface area contributed by atoms with Gasteiger partial charge in [0.25, 0.3) is 0 Å². The van der Waals surface area contributed by atoms with Crippen molar-refractivity contribution in [2.24, 2.45) is 0 Å². The van der Waals surface area contributed by atoms with E-state index in [0.717, 1.165) is 17.3 Å². The molecule has 1 aromatic rings. The third kappa shape index (κ3) is 2.00. The zero-order valence-electron chi connectivity index (χ0n) is 11.6. The van der Waals surface area contributed by atoms with Gasteiger partial charge in [-0.1, -0.05) is 18.2 Å². The van der Waals surface area contributed by atoms with Crippen LogP contribution in [0.1, 0.15) is 43.6 Å². The molecule has 0 bridgehead atoms. The molecule has 2 rings (SSSR count). The Hall–Kier alpha value is -1.13. The van der Waals surface area contributed by atoms with Gasteiger partial charge in [-0.2, -0.15) is 0 Å². The van der Waals surface area contributed by atoms with Crippen LogP contribution in [0.25, 0.3) is 0 Å². The van der Waals surface area contributed by atoms with Crippen molar-refractivity contribution < 1.29 is 14.1 Å². The van der Waals surface area contributed by atoms with E-state index in [0.29, 0.717) is 5.56 Å². The summed E-state index contributed by atoms with van der Waals surface area (Å²) in [4.78, 5) is 11.2. The van der Waals surface area contributed by atoms with Gasteiger partial charge in [0, 0.05) is 5.56 Å². The minimum absolute atomic E-state index is 0.387. The van der Waals surface area contributed by atoms with Crippen molar-refractivity contribution in [1.29, 1.82) is 0 Å². The number of carbonyl (C=O) groups is 1. The molecule has 1 fully saturated rings. The second kappa shape index (κ2) is 4.21. The summed E-state index contributed by atoms with van der Waals surface area (Å²) in [6.07, 6.45) is 0.871. The van der Waals surface area contributed by atoms with E-state index in [1.54, 1.807) is 0 Å². The highest BCUT2D eigenvalue weighted by Gasteiger charge is 2.52. The lowest BCUT2D eigenvalue weighted by Crippen LogP contribution is -2.41. The van der Waals surface area contributed by atoms with E-state index in [2.05, 4.69) is 0 Å².